The van der Waals surface area contributed by atoms with Crippen LogP contribution in [-0.2, 0) is 20.2 Å². The Balaban J connectivity index is 5.56. The molecule has 4 unspecified atom stereocenters. The van der Waals surface area contributed by atoms with E-state index in [2.05, 4.69) is 13.8 Å². The predicted molar refractivity (Wildman–Crippen MR) is 199 cm³/mol. The van der Waals surface area contributed by atoms with E-state index in [0.29, 0.717) is 35.1 Å². The highest BCUT2D eigenvalue weighted by Crippen LogP contribution is 2.20. The van der Waals surface area contributed by atoms with Crippen molar-refractivity contribution in [2.45, 2.75) is 168 Å². The molecule has 12 heteroatoms. The molecular formula is C36H78N2O8S2+2. The average molecular weight is 731 g/mol. The van der Waals surface area contributed by atoms with Crippen molar-refractivity contribution >= 4 is 20.2 Å². The summed E-state index contributed by atoms with van der Waals surface area (Å²) in [6.45, 7) is 13.1. The van der Waals surface area contributed by atoms with E-state index in [4.69, 9.17) is 0 Å². The lowest BCUT2D eigenvalue weighted by atomic mass is 10.1. The fraction of sp³-hybridized carbons (Fsp3) is 1.00. The molecule has 0 spiro atoms. The van der Waals surface area contributed by atoms with Crippen LogP contribution in [0.4, 0.5) is 0 Å². The molecule has 0 amide bonds. The predicted octanol–water partition coefficient (Wildman–Crippen LogP) is 7.00. The first-order chi connectivity index (χ1) is 22.7. The highest BCUT2D eigenvalue weighted by molar-refractivity contribution is 7.86. The molecule has 290 valence electrons. The molecule has 0 aliphatic rings. The number of rotatable bonds is 35. The van der Waals surface area contributed by atoms with E-state index in [0.717, 1.165) is 51.6 Å². The fourth-order valence-electron chi connectivity index (χ4n) is 7.26. The van der Waals surface area contributed by atoms with Crippen molar-refractivity contribution in [1.82, 2.24) is 0 Å². The third-order valence-corrected chi connectivity index (χ3v) is 12.0. The SMILES string of the molecule is CCCCCCCCCCCC[N+](CC)(CC[N+](CC)(CCCCCCCCCCCC)CC(O)CS(=O)(=O)O)CC(O)CS(=O)(=O)O. The van der Waals surface area contributed by atoms with Gasteiger partial charge in [-0.05, 0) is 39.5 Å². The molecule has 0 saturated carbocycles. The molecule has 0 heterocycles. The second kappa shape index (κ2) is 27.3. The molecule has 0 aliphatic heterocycles. The molecule has 0 bridgehead atoms. The Morgan fingerprint density at radius 3 is 0.896 bits per heavy atom. The number of unbranched alkanes of at least 4 members (excludes halogenated alkanes) is 18. The molecule has 10 nitrogen and oxygen atoms in total. The van der Waals surface area contributed by atoms with Gasteiger partial charge in [0.2, 0.25) is 0 Å². The van der Waals surface area contributed by atoms with E-state index < -0.39 is 43.9 Å². The van der Waals surface area contributed by atoms with Crippen molar-refractivity contribution < 1.29 is 45.1 Å². The lowest BCUT2D eigenvalue weighted by Crippen LogP contribution is -2.62. The van der Waals surface area contributed by atoms with Crippen LogP contribution in [0.2, 0.25) is 0 Å². The van der Waals surface area contributed by atoms with Gasteiger partial charge < -0.3 is 19.2 Å². The van der Waals surface area contributed by atoms with Crippen molar-refractivity contribution in [3.05, 3.63) is 0 Å². The van der Waals surface area contributed by atoms with Crippen molar-refractivity contribution in [1.29, 1.82) is 0 Å². The monoisotopic (exact) mass is 731 g/mol. The fourth-order valence-corrected chi connectivity index (χ4v) is 8.44. The molecule has 0 saturated heterocycles. The number of aliphatic hydroxyl groups is 2. The van der Waals surface area contributed by atoms with E-state index in [1.54, 1.807) is 0 Å². The smallest absolute Gasteiger partial charge is 0.267 e. The molecular weight excluding hydrogens is 653 g/mol. The van der Waals surface area contributed by atoms with Crippen molar-refractivity contribution in [3.8, 4) is 0 Å². The van der Waals surface area contributed by atoms with E-state index in [-0.39, 0.29) is 13.1 Å². The van der Waals surface area contributed by atoms with Gasteiger partial charge >= 0.3 is 0 Å². The Labute approximate surface area is 296 Å². The summed E-state index contributed by atoms with van der Waals surface area (Å²) < 4.78 is 66.3. The summed E-state index contributed by atoms with van der Waals surface area (Å²) in [6, 6.07) is 0. The number of aliphatic hydroxyl groups excluding tert-OH is 2. The molecule has 4 N–H and O–H groups in total. The third-order valence-electron chi connectivity index (χ3n) is 10.4. The Kier molecular flexibility index (Phi) is 27.1. The normalized spacial score (nSPS) is 16.4. The second-order valence-electron chi connectivity index (χ2n) is 14.7. The standard InChI is InChI=1S/C36H76N2O8S2/c1-5-9-11-13-15-17-19-21-23-25-27-37(7-3,31-35(39)33-47(41,42)43)29-30-38(8-4,32-36(40)34-48(44,45)46)28-26-24-22-20-18-16-14-12-10-6-2/h35-36,39-40H,5-34H2,1-4H3/p+2. The van der Waals surface area contributed by atoms with E-state index in [1.807, 2.05) is 13.8 Å². The number of hydrogen-bond acceptors (Lipinski definition) is 6. The molecule has 0 aliphatic carbocycles. The average Bonchev–Trinajstić information content (AvgIpc) is 2.99. The van der Waals surface area contributed by atoms with Gasteiger partial charge in [0.1, 0.15) is 49.9 Å². The molecule has 0 radical (unpaired) electrons. The zero-order valence-electron chi connectivity index (χ0n) is 31.5. The van der Waals surface area contributed by atoms with Gasteiger partial charge in [0.05, 0.1) is 26.2 Å². The lowest BCUT2D eigenvalue weighted by molar-refractivity contribution is -0.982. The van der Waals surface area contributed by atoms with Gasteiger partial charge in [0, 0.05) is 0 Å². The van der Waals surface area contributed by atoms with Gasteiger partial charge in [0.15, 0.2) is 0 Å². The largest absolute Gasteiger partial charge is 0.386 e. The molecule has 0 fully saturated rings. The molecule has 0 rings (SSSR count). The number of likely N-dealkylation sites (N-methyl/N-ethyl adjacent to an activating group) is 2. The summed E-state index contributed by atoms with van der Waals surface area (Å²) in [5.41, 5.74) is 0. The van der Waals surface area contributed by atoms with Crippen molar-refractivity contribution in [2.24, 2.45) is 0 Å². The van der Waals surface area contributed by atoms with Crippen LogP contribution in [-0.4, -0.2) is 121 Å². The first-order valence-corrected chi connectivity index (χ1v) is 22.8. The Morgan fingerprint density at radius 1 is 0.417 bits per heavy atom. The number of nitrogens with zero attached hydrogens (tertiary/aromatic N) is 2. The second-order valence-corrected chi connectivity index (χ2v) is 17.7. The number of quaternary nitrogens is 2. The Hall–Kier alpha value is -0.340. The van der Waals surface area contributed by atoms with Gasteiger partial charge in [-0.1, -0.05) is 117 Å². The van der Waals surface area contributed by atoms with Gasteiger partial charge in [-0.25, -0.2) is 0 Å². The summed E-state index contributed by atoms with van der Waals surface area (Å²) in [5, 5.41) is 21.6. The van der Waals surface area contributed by atoms with Crippen molar-refractivity contribution in [2.75, 3.05) is 63.9 Å². The maximum atomic E-state index is 11.6. The van der Waals surface area contributed by atoms with Gasteiger partial charge in [-0.2, -0.15) is 16.8 Å². The van der Waals surface area contributed by atoms with Crippen molar-refractivity contribution in [3.63, 3.8) is 0 Å². The molecule has 0 aromatic carbocycles. The van der Waals surface area contributed by atoms with Crippen LogP contribution in [0.5, 0.6) is 0 Å². The maximum absolute atomic E-state index is 11.6. The van der Waals surface area contributed by atoms with E-state index in [9.17, 15) is 36.2 Å². The van der Waals surface area contributed by atoms with Crippen LogP contribution in [0, 0.1) is 0 Å². The number of hydrogen-bond donors (Lipinski definition) is 4. The van der Waals surface area contributed by atoms with Crippen LogP contribution >= 0.6 is 0 Å². The Morgan fingerprint density at radius 2 is 0.667 bits per heavy atom. The molecule has 48 heavy (non-hydrogen) atoms. The molecule has 4 atom stereocenters. The minimum absolute atomic E-state index is 0.198. The first-order valence-electron chi connectivity index (χ1n) is 19.6. The zero-order chi connectivity index (χ0) is 36.4. The minimum atomic E-state index is -4.33. The molecule has 0 aromatic rings. The summed E-state index contributed by atoms with van der Waals surface area (Å²) >= 11 is 0. The van der Waals surface area contributed by atoms with Crippen LogP contribution < -0.4 is 0 Å². The van der Waals surface area contributed by atoms with Gasteiger partial charge in [-0.3, -0.25) is 9.11 Å². The maximum Gasteiger partial charge on any atom is 0.267 e. The van der Waals surface area contributed by atoms with Crippen LogP contribution in [0.1, 0.15) is 156 Å². The highest BCUT2D eigenvalue weighted by Gasteiger charge is 2.37. The molecule has 0 aromatic heterocycles. The summed E-state index contributed by atoms with van der Waals surface area (Å²) in [4.78, 5) is 0. The summed E-state index contributed by atoms with van der Waals surface area (Å²) in [6.07, 6.45) is 21.6. The summed E-state index contributed by atoms with van der Waals surface area (Å²) in [7, 11) is -8.67. The van der Waals surface area contributed by atoms with Crippen LogP contribution in [0.25, 0.3) is 0 Å². The topological polar surface area (TPSA) is 149 Å². The van der Waals surface area contributed by atoms with E-state index >= 15 is 0 Å². The lowest BCUT2D eigenvalue weighted by Gasteiger charge is -2.45. The quantitative estimate of drug-likeness (QED) is 0.0310. The minimum Gasteiger partial charge on any atom is -0.386 e. The van der Waals surface area contributed by atoms with Crippen LogP contribution in [0.3, 0.4) is 0 Å². The zero-order valence-corrected chi connectivity index (χ0v) is 33.1. The van der Waals surface area contributed by atoms with Gasteiger partial charge in [-0.15, -0.1) is 0 Å². The summed E-state index contributed by atoms with van der Waals surface area (Å²) in [5.74, 6) is -1.41. The van der Waals surface area contributed by atoms with E-state index in [1.165, 1.54) is 89.9 Å². The van der Waals surface area contributed by atoms with Crippen LogP contribution in [0.15, 0.2) is 0 Å². The highest BCUT2D eigenvalue weighted by atomic mass is 32.2. The first kappa shape index (κ1) is 47.7. The third kappa shape index (κ3) is 26.5. The van der Waals surface area contributed by atoms with Gasteiger partial charge in [0.25, 0.3) is 20.2 Å². The Bertz CT molecular complexity index is 904.